The van der Waals surface area contributed by atoms with E-state index >= 15 is 0 Å². The molecule has 0 fully saturated rings. The number of ether oxygens (including phenoxy) is 2. The predicted molar refractivity (Wildman–Crippen MR) is 111 cm³/mol. The minimum atomic E-state index is -0.485. The first-order valence-electron chi connectivity index (χ1n) is 9.21. The van der Waals surface area contributed by atoms with Gasteiger partial charge in [0.1, 0.15) is 35.7 Å². The molecular formula is C21H18FN5O4. The van der Waals surface area contributed by atoms with E-state index in [0.717, 1.165) is 4.68 Å². The molecule has 0 aliphatic rings. The SMILES string of the molecule is COc1cc(NC(=O)Cn2ncn3nc(-c4ccc(F)cc4)cc3c2=O)cc(OC)c1. The second kappa shape index (κ2) is 8.27. The Bertz CT molecular complexity index is 1290. The van der Waals surface area contributed by atoms with Crippen LogP contribution < -0.4 is 20.3 Å². The number of carbonyl (C=O) groups is 1. The minimum absolute atomic E-state index is 0.241. The third kappa shape index (κ3) is 4.22. The third-order valence-corrected chi connectivity index (χ3v) is 4.56. The van der Waals surface area contributed by atoms with E-state index < -0.39 is 11.5 Å². The number of aromatic nitrogens is 4. The maximum Gasteiger partial charge on any atom is 0.293 e. The lowest BCUT2D eigenvalue weighted by Gasteiger charge is -2.10. The molecule has 0 saturated heterocycles. The Kier molecular flexibility index (Phi) is 5.35. The molecule has 0 spiro atoms. The highest BCUT2D eigenvalue weighted by Gasteiger charge is 2.13. The van der Waals surface area contributed by atoms with E-state index in [0.29, 0.717) is 28.4 Å². The van der Waals surface area contributed by atoms with Gasteiger partial charge in [-0.15, -0.1) is 0 Å². The standard InChI is InChI=1S/C21H18FN5O4/c1-30-16-7-15(8-17(9-16)31-2)24-20(28)11-26-21(29)19-10-18(25-27(19)12-23-26)13-3-5-14(22)6-4-13/h3-10,12H,11H2,1-2H3,(H,24,28). The fourth-order valence-corrected chi connectivity index (χ4v) is 3.03. The Balaban J connectivity index is 1.57. The van der Waals surface area contributed by atoms with Crippen molar-refractivity contribution in [3.8, 4) is 22.8 Å². The number of hydrogen-bond acceptors (Lipinski definition) is 6. The molecule has 10 heteroatoms. The predicted octanol–water partition coefficient (Wildman–Crippen LogP) is 2.35. The first-order chi connectivity index (χ1) is 15.0. The fraction of sp³-hybridized carbons (Fsp3) is 0.143. The Labute approximate surface area is 175 Å². The number of benzene rings is 2. The number of rotatable bonds is 6. The van der Waals surface area contributed by atoms with Crippen molar-refractivity contribution in [2.24, 2.45) is 0 Å². The van der Waals surface area contributed by atoms with E-state index in [4.69, 9.17) is 9.47 Å². The molecule has 2 aromatic carbocycles. The fourth-order valence-electron chi connectivity index (χ4n) is 3.03. The zero-order valence-electron chi connectivity index (χ0n) is 16.7. The Morgan fingerprint density at radius 2 is 1.74 bits per heavy atom. The molecule has 0 saturated carbocycles. The molecule has 0 aliphatic carbocycles. The Morgan fingerprint density at radius 1 is 1.06 bits per heavy atom. The van der Waals surface area contributed by atoms with Crippen LogP contribution in [0, 0.1) is 5.82 Å². The number of hydrogen-bond donors (Lipinski definition) is 1. The summed E-state index contributed by atoms with van der Waals surface area (Å²) in [5.74, 6) is 0.210. The van der Waals surface area contributed by atoms with E-state index in [1.54, 1.807) is 36.4 Å². The summed E-state index contributed by atoms with van der Waals surface area (Å²) in [4.78, 5) is 25.3. The number of anilines is 1. The van der Waals surface area contributed by atoms with Gasteiger partial charge >= 0.3 is 0 Å². The van der Waals surface area contributed by atoms with Gasteiger partial charge in [0.15, 0.2) is 0 Å². The Morgan fingerprint density at radius 3 is 2.39 bits per heavy atom. The number of nitrogens with one attached hydrogen (secondary N) is 1. The van der Waals surface area contributed by atoms with Crippen molar-refractivity contribution in [3.05, 3.63) is 71.0 Å². The summed E-state index contributed by atoms with van der Waals surface area (Å²) in [6.45, 7) is -0.300. The molecule has 0 bridgehead atoms. The van der Waals surface area contributed by atoms with E-state index in [1.165, 1.54) is 37.2 Å². The number of nitrogens with zero attached hydrogens (tertiary/aromatic N) is 4. The van der Waals surface area contributed by atoms with Gasteiger partial charge in [0.05, 0.1) is 19.9 Å². The second-order valence-corrected chi connectivity index (χ2v) is 6.61. The number of carbonyl (C=O) groups excluding carboxylic acids is 1. The zero-order valence-corrected chi connectivity index (χ0v) is 16.7. The van der Waals surface area contributed by atoms with Gasteiger partial charge in [-0.1, -0.05) is 0 Å². The number of amides is 1. The molecule has 4 aromatic rings. The molecule has 0 atom stereocenters. The van der Waals surface area contributed by atoms with Crippen LogP contribution in [0.5, 0.6) is 11.5 Å². The monoisotopic (exact) mass is 423 g/mol. The highest BCUT2D eigenvalue weighted by atomic mass is 19.1. The van der Waals surface area contributed by atoms with Crippen molar-refractivity contribution < 1.29 is 18.7 Å². The van der Waals surface area contributed by atoms with Crippen LogP contribution in [0.4, 0.5) is 10.1 Å². The van der Waals surface area contributed by atoms with Gasteiger partial charge < -0.3 is 14.8 Å². The van der Waals surface area contributed by atoms with Crippen LogP contribution in [-0.2, 0) is 11.3 Å². The Hall–Kier alpha value is -4.21. The van der Waals surface area contributed by atoms with Gasteiger partial charge in [-0.2, -0.15) is 10.2 Å². The average molecular weight is 423 g/mol. The lowest BCUT2D eigenvalue weighted by atomic mass is 10.1. The number of methoxy groups -OCH3 is 2. The van der Waals surface area contributed by atoms with Crippen LogP contribution in [0.2, 0.25) is 0 Å². The van der Waals surface area contributed by atoms with Gasteiger partial charge in [-0.05, 0) is 30.3 Å². The van der Waals surface area contributed by atoms with Crippen LogP contribution in [0.3, 0.4) is 0 Å². The smallest absolute Gasteiger partial charge is 0.293 e. The molecular weight excluding hydrogens is 405 g/mol. The zero-order chi connectivity index (χ0) is 22.0. The molecule has 1 N–H and O–H groups in total. The molecule has 1 amide bonds. The van der Waals surface area contributed by atoms with Gasteiger partial charge in [0.2, 0.25) is 5.91 Å². The summed E-state index contributed by atoms with van der Waals surface area (Å²) in [7, 11) is 3.01. The van der Waals surface area contributed by atoms with E-state index in [-0.39, 0.29) is 17.9 Å². The first-order valence-corrected chi connectivity index (χ1v) is 9.21. The van der Waals surface area contributed by atoms with E-state index in [2.05, 4.69) is 15.5 Å². The molecule has 0 aliphatic heterocycles. The molecule has 31 heavy (non-hydrogen) atoms. The summed E-state index contributed by atoms with van der Waals surface area (Å²) in [6.07, 6.45) is 1.34. The largest absolute Gasteiger partial charge is 0.497 e. The molecule has 4 rings (SSSR count). The normalized spacial score (nSPS) is 10.8. The van der Waals surface area contributed by atoms with Gasteiger partial charge in [0.25, 0.3) is 5.56 Å². The summed E-state index contributed by atoms with van der Waals surface area (Å²) in [5, 5.41) is 11.0. The summed E-state index contributed by atoms with van der Waals surface area (Å²) >= 11 is 0. The highest BCUT2D eigenvalue weighted by Crippen LogP contribution is 2.25. The first kappa shape index (κ1) is 20.1. The second-order valence-electron chi connectivity index (χ2n) is 6.61. The lowest BCUT2D eigenvalue weighted by molar-refractivity contribution is -0.117. The van der Waals surface area contributed by atoms with E-state index in [9.17, 15) is 14.0 Å². The van der Waals surface area contributed by atoms with Crippen LogP contribution in [-0.4, -0.2) is 39.5 Å². The van der Waals surface area contributed by atoms with Crippen molar-refractivity contribution in [2.45, 2.75) is 6.54 Å². The van der Waals surface area contributed by atoms with Crippen molar-refractivity contribution in [1.29, 1.82) is 0 Å². The topological polar surface area (TPSA) is 99.8 Å². The summed E-state index contributed by atoms with van der Waals surface area (Å²) < 4.78 is 25.9. The van der Waals surface area contributed by atoms with Crippen LogP contribution >= 0.6 is 0 Å². The van der Waals surface area contributed by atoms with Crippen molar-refractivity contribution in [3.63, 3.8) is 0 Å². The van der Waals surface area contributed by atoms with Gasteiger partial charge in [0, 0.05) is 29.4 Å². The molecule has 2 aromatic heterocycles. The number of halogens is 1. The third-order valence-electron chi connectivity index (χ3n) is 4.56. The average Bonchev–Trinajstić information content (AvgIpc) is 3.21. The maximum absolute atomic E-state index is 13.1. The van der Waals surface area contributed by atoms with Crippen molar-refractivity contribution in [2.75, 3.05) is 19.5 Å². The molecule has 0 radical (unpaired) electrons. The molecule has 2 heterocycles. The summed E-state index contributed by atoms with van der Waals surface area (Å²) in [6, 6.07) is 12.3. The van der Waals surface area contributed by atoms with Gasteiger partial charge in [-0.3, -0.25) is 9.59 Å². The van der Waals surface area contributed by atoms with Crippen LogP contribution in [0.25, 0.3) is 16.8 Å². The maximum atomic E-state index is 13.1. The van der Waals surface area contributed by atoms with Gasteiger partial charge in [-0.25, -0.2) is 13.6 Å². The van der Waals surface area contributed by atoms with Crippen LogP contribution in [0.15, 0.2) is 59.7 Å². The highest BCUT2D eigenvalue weighted by molar-refractivity contribution is 5.91. The molecule has 158 valence electrons. The quantitative estimate of drug-likeness (QED) is 0.511. The molecule has 0 unspecified atom stereocenters. The van der Waals surface area contributed by atoms with Crippen LogP contribution in [0.1, 0.15) is 0 Å². The van der Waals surface area contributed by atoms with Crippen molar-refractivity contribution >= 4 is 17.1 Å². The lowest BCUT2D eigenvalue weighted by Crippen LogP contribution is -2.30. The molecule has 9 nitrogen and oxygen atoms in total. The van der Waals surface area contributed by atoms with Crippen molar-refractivity contribution in [1.82, 2.24) is 19.4 Å². The summed E-state index contributed by atoms with van der Waals surface area (Å²) in [5.41, 5.74) is 1.36. The van der Waals surface area contributed by atoms with E-state index in [1.807, 2.05) is 0 Å². The number of fused-ring (bicyclic) bond motifs is 1. The minimum Gasteiger partial charge on any atom is -0.497 e.